The van der Waals surface area contributed by atoms with E-state index in [9.17, 15) is 4.79 Å². The zero-order valence-electron chi connectivity index (χ0n) is 20.4. The fraction of sp³-hybridized carbons (Fsp3) is 0.241. The van der Waals surface area contributed by atoms with Crippen LogP contribution in [0.2, 0.25) is 0 Å². The summed E-state index contributed by atoms with van der Waals surface area (Å²) in [5, 5.41) is 13.8. The molecule has 1 aliphatic carbocycles. The van der Waals surface area contributed by atoms with Gasteiger partial charge in [-0.05, 0) is 48.4 Å². The Morgan fingerprint density at radius 2 is 1.92 bits per heavy atom. The number of hydrogen-bond donors (Lipinski definition) is 2. The zero-order valence-corrected chi connectivity index (χ0v) is 20.4. The number of anilines is 1. The van der Waals surface area contributed by atoms with Gasteiger partial charge in [-0.1, -0.05) is 44.2 Å². The number of benzene rings is 2. The van der Waals surface area contributed by atoms with E-state index in [0.717, 1.165) is 64.0 Å². The quantitative estimate of drug-likeness (QED) is 0.321. The van der Waals surface area contributed by atoms with Crippen molar-refractivity contribution in [1.82, 2.24) is 24.9 Å². The van der Waals surface area contributed by atoms with Crippen molar-refractivity contribution in [1.29, 1.82) is 0 Å². The van der Waals surface area contributed by atoms with E-state index in [4.69, 9.17) is 10.1 Å². The van der Waals surface area contributed by atoms with E-state index >= 15 is 0 Å². The van der Waals surface area contributed by atoms with Crippen LogP contribution in [0.5, 0.6) is 0 Å². The lowest BCUT2D eigenvalue weighted by Crippen LogP contribution is -2.25. The molecule has 2 N–H and O–H groups in total. The Balaban J connectivity index is 1.45. The van der Waals surface area contributed by atoms with Gasteiger partial charge in [-0.3, -0.25) is 9.78 Å². The number of aromatic nitrogens is 4. The van der Waals surface area contributed by atoms with E-state index in [0.29, 0.717) is 17.5 Å². The Kier molecular flexibility index (Phi) is 5.60. The molecule has 36 heavy (non-hydrogen) atoms. The third-order valence-electron chi connectivity index (χ3n) is 6.48. The van der Waals surface area contributed by atoms with Gasteiger partial charge < -0.3 is 10.6 Å². The van der Waals surface area contributed by atoms with Crippen molar-refractivity contribution in [2.75, 3.05) is 11.9 Å². The first-order valence-electron chi connectivity index (χ1n) is 12.4. The summed E-state index contributed by atoms with van der Waals surface area (Å²) in [7, 11) is 0. The molecule has 5 aromatic rings. The molecule has 0 spiro atoms. The van der Waals surface area contributed by atoms with Crippen molar-refractivity contribution < 1.29 is 4.79 Å². The van der Waals surface area contributed by atoms with Crippen molar-refractivity contribution >= 4 is 28.0 Å². The van der Waals surface area contributed by atoms with Gasteiger partial charge in [0.2, 0.25) is 0 Å². The molecule has 7 heteroatoms. The third-order valence-corrected chi connectivity index (χ3v) is 6.48. The Hall–Kier alpha value is -4.26. The first kappa shape index (κ1) is 22.2. The zero-order chi connectivity index (χ0) is 24.6. The minimum Gasteiger partial charge on any atom is -0.382 e. The van der Waals surface area contributed by atoms with Gasteiger partial charge in [0.1, 0.15) is 0 Å². The molecule has 1 fully saturated rings. The summed E-state index contributed by atoms with van der Waals surface area (Å²) in [6, 6.07) is 18.3. The minimum absolute atomic E-state index is 0.0202. The van der Waals surface area contributed by atoms with Crippen LogP contribution in [0.4, 0.5) is 5.69 Å². The number of nitrogens with zero attached hydrogens (tertiary/aromatic N) is 4. The molecular formula is C29H28N6O. The van der Waals surface area contributed by atoms with Crippen LogP contribution in [-0.4, -0.2) is 38.1 Å². The van der Waals surface area contributed by atoms with E-state index in [-0.39, 0.29) is 5.91 Å². The lowest BCUT2D eigenvalue weighted by atomic mass is 10.0. The second-order valence-corrected chi connectivity index (χ2v) is 9.82. The molecule has 1 saturated carbocycles. The average molecular weight is 477 g/mol. The van der Waals surface area contributed by atoms with Crippen LogP contribution in [0.25, 0.3) is 38.9 Å². The topological polar surface area (TPSA) is 84.2 Å². The monoisotopic (exact) mass is 476 g/mol. The van der Waals surface area contributed by atoms with Gasteiger partial charge >= 0.3 is 0 Å². The average Bonchev–Trinajstić information content (AvgIpc) is 3.61. The predicted molar refractivity (Wildman–Crippen MR) is 143 cm³/mol. The predicted octanol–water partition coefficient (Wildman–Crippen LogP) is 5.57. The highest BCUT2D eigenvalue weighted by Crippen LogP contribution is 2.32. The summed E-state index contributed by atoms with van der Waals surface area (Å²) in [5.74, 6) is 0.460. The molecule has 0 atom stereocenters. The standard InChI is InChI=1S/C29H28N6O/c1-18(2)15-31-26-14-25(24-5-3-4-21-16-30-13-12-23(21)24)34-35-27(17-32-28(26)35)19-6-8-20(9-7-19)29(36)33-22-10-11-22/h3-9,12-14,16-18,22,31H,10-11,15H2,1-2H3,(H,33,36). The molecule has 3 heterocycles. The second-order valence-electron chi connectivity index (χ2n) is 9.82. The van der Waals surface area contributed by atoms with Crippen molar-refractivity contribution in [3.05, 3.63) is 78.8 Å². The largest absolute Gasteiger partial charge is 0.382 e. The van der Waals surface area contributed by atoms with Crippen LogP contribution in [-0.2, 0) is 0 Å². The van der Waals surface area contributed by atoms with E-state index in [2.05, 4.69) is 47.7 Å². The van der Waals surface area contributed by atoms with Crippen molar-refractivity contribution in [3.8, 4) is 22.5 Å². The maximum absolute atomic E-state index is 12.4. The van der Waals surface area contributed by atoms with Crippen LogP contribution in [0.15, 0.2) is 73.2 Å². The number of hydrogen-bond acceptors (Lipinski definition) is 5. The summed E-state index contributed by atoms with van der Waals surface area (Å²) < 4.78 is 1.90. The Bertz CT molecular complexity index is 1560. The smallest absolute Gasteiger partial charge is 0.251 e. The van der Waals surface area contributed by atoms with E-state index in [1.807, 2.05) is 59.5 Å². The fourth-order valence-corrected chi connectivity index (χ4v) is 4.38. The number of carbonyl (C=O) groups is 1. The number of rotatable bonds is 7. The van der Waals surface area contributed by atoms with Crippen LogP contribution < -0.4 is 10.6 Å². The van der Waals surface area contributed by atoms with Gasteiger partial charge in [-0.15, -0.1) is 0 Å². The molecule has 0 bridgehead atoms. The molecule has 6 rings (SSSR count). The van der Waals surface area contributed by atoms with Gasteiger partial charge in [0.25, 0.3) is 5.91 Å². The first-order chi connectivity index (χ1) is 17.6. The van der Waals surface area contributed by atoms with Crippen LogP contribution in [0.3, 0.4) is 0 Å². The lowest BCUT2D eigenvalue weighted by molar-refractivity contribution is 0.0951. The first-order valence-corrected chi connectivity index (χ1v) is 12.4. The van der Waals surface area contributed by atoms with Gasteiger partial charge in [0, 0.05) is 47.1 Å². The van der Waals surface area contributed by atoms with E-state index in [1.165, 1.54) is 0 Å². The van der Waals surface area contributed by atoms with E-state index < -0.39 is 0 Å². The number of amides is 1. The number of pyridine rings is 1. The Labute approximate surface area is 209 Å². The molecule has 1 aliphatic rings. The molecule has 2 aromatic carbocycles. The molecule has 0 saturated heterocycles. The van der Waals surface area contributed by atoms with Gasteiger partial charge in [-0.25, -0.2) is 9.50 Å². The van der Waals surface area contributed by atoms with Gasteiger partial charge in [0.05, 0.1) is 23.3 Å². The third kappa shape index (κ3) is 4.28. The molecule has 0 aliphatic heterocycles. The van der Waals surface area contributed by atoms with Crippen molar-refractivity contribution in [2.45, 2.75) is 32.7 Å². The van der Waals surface area contributed by atoms with E-state index in [1.54, 1.807) is 0 Å². The summed E-state index contributed by atoms with van der Waals surface area (Å²) >= 11 is 0. The highest BCUT2D eigenvalue weighted by molar-refractivity contribution is 5.96. The number of imidazole rings is 1. The summed E-state index contributed by atoms with van der Waals surface area (Å²) in [4.78, 5) is 21.4. The molecule has 0 radical (unpaired) electrons. The fourth-order valence-electron chi connectivity index (χ4n) is 4.38. The molecular weight excluding hydrogens is 448 g/mol. The van der Waals surface area contributed by atoms with Crippen molar-refractivity contribution in [3.63, 3.8) is 0 Å². The molecule has 0 unspecified atom stereocenters. The summed E-state index contributed by atoms with van der Waals surface area (Å²) in [5.41, 5.74) is 6.08. The number of carbonyl (C=O) groups excluding carboxylic acids is 1. The second kappa shape index (κ2) is 9.07. The SMILES string of the molecule is CC(C)CNc1cc(-c2cccc3cnccc23)nn2c(-c3ccc(C(=O)NC4CC4)cc3)cnc12. The molecule has 1 amide bonds. The molecule has 180 valence electrons. The highest BCUT2D eigenvalue weighted by atomic mass is 16.1. The maximum atomic E-state index is 12.4. The minimum atomic E-state index is -0.0202. The molecule has 7 nitrogen and oxygen atoms in total. The van der Waals surface area contributed by atoms with Crippen LogP contribution in [0.1, 0.15) is 37.0 Å². The summed E-state index contributed by atoms with van der Waals surface area (Å²) in [6.45, 7) is 5.19. The summed E-state index contributed by atoms with van der Waals surface area (Å²) in [6.07, 6.45) is 7.67. The number of nitrogens with one attached hydrogen (secondary N) is 2. The van der Waals surface area contributed by atoms with Gasteiger partial charge in [0.15, 0.2) is 5.65 Å². The van der Waals surface area contributed by atoms with Crippen molar-refractivity contribution in [2.24, 2.45) is 5.92 Å². The Morgan fingerprint density at radius 1 is 1.08 bits per heavy atom. The Morgan fingerprint density at radius 3 is 2.69 bits per heavy atom. The number of fused-ring (bicyclic) bond motifs is 2. The lowest BCUT2D eigenvalue weighted by Gasteiger charge is -2.14. The highest BCUT2D eigenvalue weighted by Gasteiger charge is 2.24. The van der Waals surface area contributed by atoms with Crippen LogP contribution >= 0.6 is 0 Å². The van der Waals surface area contributed by atoms with Gasteiger partial charge in [-0.2, -0.15) is 5.10 Å². The molecule has 3 aromatic heterocycles. The normalized spacial score (nSPS) is 13.4. The van der Waals surface area contributed by atoms with Crippen LogP contribution in [0, 0.1) is 5.92 Å². The maximum Gasteiger partial charge on any atom is 0.251 e.